The molecule has 2 aromatic heterocycles. The number of rotatable bonds is 4. The minimum absolute atomic E-state index is 0.496. The number of nitrogens with one attached hydrogen (secondary N) is 1. The number of benzene rings is 1. The highest BCUT2D eigenvalue weighted by Crippen LogP contribution is 2.26. The first-order valence-corrected chi connectivity index (χ1v) is 9.55. The number of anilines is 1. The maximum absolute atomic E-state index is 10.8. The molecule has 0 amide bonds. The Bertz CT molecular complexity index is 923. The summed E-state index contributed by atoms with van der Waals surface area (Å²) >= 11 is 0. The average Bonchev–Trinajstić information content (AvgIpc) is 3.04. The van der Waals surface area contributed by atoms with E-state index < -0.39 is 6.10 Å². The Balaban J connectivity index is 1.40. The highest BCUT2D eigenvalue weighted by Gasteiger charge is 2.23. The van der Waals surface area contributed by atoms with E-state index in [-0.39, 0.29) is 0 Å². The highest BCUT2D eigenvalue weighted by atomic mass is 16.3. The van der Waals surface area contributed by atoms with E-state index in [2.05, 4.69) is 49.9 Å². The van der Waals surface area contributed by atoms with E-state index >= 15 is 0 Å². The smallest absolute Gasteiger partial charge is 0.225 e. The minimum Gasteiger partial charge on any atom is -0.387 e. The molecule has 1 aliphatic rings. The number of aliphatic hydroxyl groups excluding tert-OH is 1. The van der Waals surface area contributed by atoms with Gasteiger partial charge in [-0.1, -0.05) is 11.6 Å². The van der Waals surface area contributed by atoms with E-state index in [1.807, 2.05) is 26.1 Å². The van der Waals surface area contributed by atoms with Gasteiger partial charge in [0, 0.05) is 66.8 Å². The van der Waals surface area contributed by atoms with Gasteiger partial charge in [-0.15, -0.1) is 0 Å². The molecule has 1 aromatic carbocycles. The van der Waals surface area contributed by atoms with Crippen molar-refractivity contribution in [2.75, 3.05) is 37.6 Å². The molecule has 2 N–H and O–H groups in total. The van der Waals surface area contributed by atoms with Crippen molar-refractivity contribution in [2.24, 2.45) is 0 Å². The fourth-order valence-electron chi connectivity index (χ4n) is 3.85. The lowest BCUT2D eigenvalue weighted by molar-refractivity contribution is 0.110. The number of piperazine rings is 1. The third-order valence-electron chi connectivity index (χ3n) is 5.28. The summed E-state index contributed by atoms with van der Waals surface area (Å²) in [5.41, 5.74) is 5.27. The van der Waals surface area contributed by atoms with Gasteiger partial charge in [-0.05, 0) is 39.0 Å². The summed E-state index contributed by atoms with van der Waals surface area (Å²) in [5, 5.41) is 11.9. The second-order valence-electron chi connectivity index (χ2n) is 7.55. The van der Waals surface area contributed by atoms with Crippen LogP contribution in [-0.2, 0) is 0 Å². The highest BCUT2D eigenvalue weighted by molar-refractivity contribution is 5.84. The number of nitrogens with zero attached hydrogens (tertiary/aromatic N) is 4. The van der Waals surface area contributed by atoms with Crippen LogP contribution in [0.5, 0.6) is 0 Å². The number of aryl methyl sites for hydroxylation is 3. The first-order valence-electron chi connectivity index (χ1n) is 9.55. The van der Waals surface area contributed by atoms with Gasteiger partial charge in [-0.3, -0.25) is 4.90 Å². The molecule has 6 nitrogen and oxygen atoms in total. The topological polar surface area (TPSA) is 68.3 Å². The van der Waals surface area contributed by atoms with Crippen molar-refractivity contribution >= 4 is 16.9 Å². The summed E-state index contributed by atoms with van der Waals surface area (Å²) in [6, 6.07) is 8.30. The first-order chi connectivity index (χ1) is 13.0. The number of aliphatic hydroxyl groups is 1. The first kappa shape index (κ1) is 17.9. The molecule has 0 saturated carbocycles. The molecule has 3 aromatic rings. The third-order valence-corrected chi connectivity index (χ3v) is 5.28. The van der Waals surface area contributed by atoms with Gasteiger partial charge in [0.15, 0.2) is 0 Å². The number of hydrogen-bond donors (Lipinski definition) is 2. The van der Waals surface area contributed by atoms with Gasteiger partial charge in [-0.25, -0.2) is 9.97 Å². The molecule has 3 heterocycles. The zero-order valence-electron chi connectivity index (χ0n) is 16.2. The van der Waals surface area contributed by atoms with Gasteiger partial charge in [0.2, 0.25) is 5.95 Å². The van der Waals surface area contributed by atoms with Crippen LogP contribution in [0.2, 0.25) is 0 Å². The van der Waals surface area contributed by atoms with Gasteiger partial charge >= 0.3 is 0 Å². The van der Waals surface area contributed by atoms with Gasteiger partial charge in [0.05, 0.1) is 6.10 Å². The number of β-amino-alcohol motifs (C(OH)–C–C–N with tert-alkyl or cyclic N) is 1. The molecule has 1 aliphatic heterocycles. The summed E-state index contributed by atoms with van der Waals surface area (Å²) in [7, 11) is 0. The quantitative estimate of drug-likeness (QED) is 0.744. The molecule has 0 aliphatic carbocycles. The fraction of sp³-hybridized carbons (Fsp3) is 0.429. The van der Waals surface area contributed by atoms with Crippen LogP contribution in [-0.4, -0.2) is 57.7 Å². The van der Waals surface area contributed by atoms with E-state index in [0.717, 1.165) is 60.0 Å². The lowest BCUT2D eigenvalue weighted by atomic mass is 10.1. The number of fused-ring (bicyclic) bond motifs is 1. The molecule has 142 valence electrons. The maximum atomic E-state index is 10.8. The molecule has 4 rings (SSSR count). The van der Waals surface area contributed by atoms with Crippen LogP contribution in [0, 0.1) is 20.8 Å². The number of hydrogen-bond acceptors (Lipinski definition) is 5. The van der Waals surface area contributed by atoms with Crippen molar-refractivity contribution in [3.8, 4) is 0 Å². The lowest BCUT2D eigenvalue weighted by Crippen LogP contribution is -2.48. The second-order valence-corrected chi connectivity index (χ2v) is 7.55. The Morgan fingerprint density at radius 3 is 2.44 bits per heavy atom. The van der Waals surface area contributed by atoms with Crippen molar-refractivity contribution in [3.63, 3.8) is 0 Å². The van der Waals surface area contributed by atoms with Crippen LogP contribution in [0.25, 0.3) is 10.9 Å². The third kappa shape index (κ3) is 3.82. The molecule has 1 atom stereocenters. The van der Waals surface area contributed by atoms with E-state index in [0.29, 0.717) is 6.54 Å². The van der Waals surface area contributed by atoms with Crippen molar-refractivity contribution in [1.82, 2.24) is 19.9 Å². The summed E-state index contributed by atoms with van der Waals surface area (Å²) in [6.07, 6.45) is 1.44. The van der Waals surface area contributed by atoms with Crippen molar-refractivity contribution in [2.45, 2.75) is 26.9 Å². The van der Waals surface area contributed by atoms with Crippen LogP contribution in [0.4, 0.5) is 5.95 Å². The molecule has 1 fully saturated rings. The minimum atomic E-state index is -0.496. The van der Waals surface area contributed by atoms with E-state index in [1.54, 1.807) is 0 Å². The lowest BCUT2D eigenvalue weighted by Gasteiger charge is -2.35. The summed E-state index contributed by atoms with van der Waals surface area (Å²) in [5.74, 6) is 0.819. The zero-order valence-corrected chi connectivity index (χ0v) is 16.2. The number of aromatic nitrogens is 3. The Kier molecular flexibility index (Phi) is 4.85. The molecule has 6 heteroatoms. The Labute approximate surface area is 159 Å². The van der Waals surface area contributed by atoms with E-state index in [9.17, 15) is 5.11 Å². The van der Waals surface area contributed by atoms with Crippen LogP contribution < -0.4 is 4.90 Å². The van der Waals surface area contributed by atoms with Crippen LogP contribution in [0.15, 0.2) is 30.5 Å². The van der Waals surface area contributed by atoms with Gasteiger partial charge < -0.3 is 15.0 Å². The standard InChI is InChI=1S/C21H27N5O/c1-14-4-5-19-17(10-14)18(12-22-19)20(27)13-25-6-8-26(9-7-25)21-23-15(2)11-16(3)24-21/h4-5,10-12,20,22,27H,6-9,13H2,1-3H3/t20-/m0/s1. The summed E-state index contributed by atoms with van der Waals surface area (Å²) in [6.45, 7) is 10.3. The molecule has 0 spiro atoms. The molecule has 0 bridgehead atoms. The van der Waals surface area contributed by atoms with Crippen LogP contribution in [0.3, 0.4) is 0 Å². The number of H-pyrrole nitrogens is 1. The second kappa shape index (κ2) is 7.29. The molecule has 1 saturated heterocycles. The monoisotopic (exact) mass is 365 g/mol. The zero-order chi connectivity index (χ0) is 19.0. The van der Waals surface area contributed by atoms with Crippen LogP contribution in [0.1, 0.15) is 28.6 Å². The SMILES string of the molecule is Cc1ccc2[nH]cc([C@@H](O)CN3CCN(c4nc(C)cc(C)n4)CC3)c2c1. The summed E-state index contributed by atoms with van der Waals surface area (Å²) < 4.78 is 0. The van der Waals surface area contributed by atoms with Gasteiger partial charge in [-0.2, -0.15) is 0 Å². The largest absolute Gasteiger partial charge is 0.387 e. The van der Waals surface area contributed by atoms with Gasteiger partial charge in [0.1, 0.15) is 0 Å². The predicted octanol–water partition coefficient (Wildman–Crippen LogP) is 2.74. The fourth-order valence-corrected chi connectivity index (χ4v) is 3.85. The Morgan fingerprint density at radius 1 is 1.04 bits per heavy atom. The normalized spacial score (nSPS) is 16.8. The van der Waals surface area contributed by atoms with Crippen molar-refractivity contribution < 1.29 is 5.11 Å². The molecular weight excluding hydrogens is 338 g/mol. The predicted molar refractivity (Wildman–Crippen MR) is 108 cm³/mol. The van der Waals surface area contributed by atoms with Crippen molar-refractivity contribution in [3.05, 3.63) is 53.0 Å². The average molecular weight is 365 g/mol. The van der Waals surface area contributed by atoms with E-state index in [1.165, 1.54) is 5.56 Å². The molecular formula is C21H27N5O. The number of aromatic amines is 1. The molecule has 27 heavy (non-hydrogen) atoms. The van der Waals surface area contributed by atoms with Crippen LogP contribution >= 0.6 is 0 Å². The molecule has 0 unspecified atom stereocenters. The summed E-state index contributed by atoms with van der Waals surface area (Å²) in [4.78, 5) is 17.0. The van der Waals surface area contributed by atoms with E-state index in [4.69, 9.17) is 0 Å². The maximum Gasteiger partial charge on any atom is 0.225 e. The Hall–Kier alpha value is -2.44. The Morgan fingerprint density at radius 2 is 1.74 bits per heavy atom. The molecule has 0 radical (unpaired) electrons. The van der Waals surface area contributed by atoms with Crippen molar-refractivity contribution in [1.29, 1.82) is 0 Å². The van der Waals surface area contributed by atoms with Gasteiger partial charge in [0.25, 0.3) is 0 Å².